The summed E-state index contributed by atoms with van der Waals surface area (Å²) in [6.45, 7) is 0. The highest BCUT2D eigenvalue weighted by Gasteiger charge is 2.14. The molecule has 0 fully saturated rings. The number of aromatic nitrogens is 2. The van der Waals surface area contributed by atoms with Crippen LogP contribution in [0.4, 0.5) is 14.5 Å². The monoisotopic (exact) mass is 315 g/mol. The number of rotatable bonds is 2. The lowest BCUT2D eigenvalue weighted by Crippen LogP contribution is -2.16. The number of hydrogen-bond donors (Lipinski definition) is 1. The summed E-state index contributed by atoms with van der Waals surface area (Å²) < 4.78 is 28.2. The number of nitrogens with zero attached hydrogens (tertiary/aromatic N) is 2. The lowest BCUT2D eigenvalue weighted by Gasteiger charge is -2.07. The van der Waals surface area contributed by atoms with Gasteiger partial charge in [0.2, 0.25) is 0 Å². The van der Waals surface area contributed by atoms with E-state index in [4.69, 9.17) is 0 Å². The topological polar surface area (TPSA) is 46.9 Å². The molecule has 0 saturated carbocycles. The third-order valence-electron chi connectivity index (χ3n) is 2.31. The summed E-state index contributed by atoms with van der Waals surface area (Å²) in [6.07, 6.45) is 2.77. The van der Waals surface area contributed by atoms with Crippen LogP contribution in [0.25, 0.3) is 0 Å². The Labute approximate surface area is 110 Å². The van der Waals surface area contributed by atoms with Crippen LogP contribution in [0, 0.1) is 11.6 Å². The van der Waals surface area contributed by atoms with Gasteiger partial charge in [-0.25, -0.2) is 13.8 Å². The lowest BCUT2D eigenvalue weighted by molar-refractivity contribution is 0.101. The van der Waals surface area contributed by atoms with E-state index < -0.39 is 17.5 Å². The van der Waals surface area contributed by atoms with E-state index in [-0.39, 0.29) is 15.9 Å². The number of imidazole rings is 1. The first-order chi connectivity index (χ1) is 8.49. The van der Waals surface area contributed by atoms with E-state index in [9.17, 15) is 13.6 Å². The van der Waals surface area contributed by atoms with Crippen molar-refractivity contribution >= 4 is 27.5 Å². The summed E-state index contributed by atoms with van der Waals surface area (Å²) >= 11 is 2.85. The van der Waals surface area contributed by atoms with Gasteiger partial charge in [0.25, 0.3) is 5.91 Å². The minimum absolute atomic E-state index is 0.00136. The van der Waals surface area contributed by atoms with E-state index in [1.165, 1.54) is 17.1 Å². The van der Waals surface area contributed by atoms with Gasteiger partial charge in [-0.15, -0.1) is 0 Å². The highest BCUT2D eigenvalue weighted by atomic mass is 79.9. The number of aryl methyl sites for hydroxylation is 1. The van der Waals surface area contributed by atoms with Gasteiger partial charge in [0.05, 0.1) is 22.7 Å². The number of carbonyl (C=O) groups is 1. The van der Waals surface area contributed by atoms with Gasteiger partial charge in [-0.05, 0) is 22.0 Å². The van der Waals surface area contributed by atoms with Crippen LogP contribution in [0.15, 0.2) is 29.1 Å². The molecule has 0 unspecified atom stereocenters. The number of halogens is 3. The summed E-state index contributed by atoms with van der Waals surface area (Å²) in [4.78, 5) is 15.5. The smallest absolute Gasteiger partial charge is 0.274 e. The molecule has 0 bridgehead atoms. The molecule has 1 aromatic carbocycles. The van der Waals surface area contributed by atoms with Crippen molar-refractivity contribution in [1.82, 2.24) is 9.55 Å². The Balaban J connectivity index is 2.28. The summed E-state index contributed by atoms with van der Waals surface area (Å²) in [5.41, 5.74) is 0.0274. The van der Waals surface area contributed by atoms with Gasteiger partial charge >= 0.3 is 0 Å². The number of hydrogen-bond acceptors (Lipinski definition) is 2. The molecule has 0 saturated heterocycles. The van der Waals surface area contributed by atoms with Gasteiger partial charge in [0, 0.05) is 13.1 Å². The van der Waals surface area contributed by atoms with Gasteiger partial charge < -0.3 is 9.88 Å². The zero-order valence-electron chi connectivity index (χ0n) is 9.25. The van der Waals surface area contributed by atoms with Crippen LogP contribution in [0.3, 0.4) is 0 Å². The van der Waals surface area contributed by atoms with Crippen molar-refractivity contribution in [3.8, 4) is 0 Å². The van der Waals surface area contributed by atoms with Crippen molar-refractivity contribution in [3.05, 3.63) is 46.5 Å². The Morgan fingerprint density at radius 3 is 2.72 bits per heavy atom. The van der Waals surface area contributed by atoms with Crippen LogP contribution in [0.5, 0.6) is 0 Å². The maximum Gasteiger partial charge on any atom is 0.274 e. The summed E-state index contributed by atoms with van der Waals surface area (Å²) in [5.74, 6) is -1.94. The molecule has 1 N–H and O–H groups in total. The van der Waals surface area contributed by atoms with Crippen LogP contribution >= 0.6 is 15.9 Å². The molecule has 0 aliphatic heterocycles. The second-order valence-corrected chi connectivity index (χ2v) is 4.44. The van der Waals surface area contributed by atoms with Crippen LogP contribution in [-0.2, 0) is 7.05 Å². The molecule has 4 nitrogen and oxygen atoms in total. The average molecular weight is 316 g/mol. The van der Waals surface area contributed by atoms with E-state index in [2.05, 4.69) is 26.2 Å². The molecule has 0 atom stereocenters. The Morgan fingerprint density at radius 2 is 2.11 bits per heavy atom. The van der Waals surface area contributed by atoms with Crippen molar-refractivity contribution < 1.29 is 13.6 Å². The molecule has 0 aliphatic rings. The molecule has 2 rings (SSSR count). The fraction of sp³-hybridized carbons (Fsp3) is 0.0909. The SMILES string of the molecule is Cn1cncc1C(=O)Nc1cc(F)c(Br)cc1F. The van der Waals surface area contributed by atoms with Gasteiger partial charge in [-0.1, -0.05) is 0 Å². The maximum atomic E-state index is 13.5. The van der Waals surface area contributed by atoms with Gasteiger partial charge in [-0.2, -0.15) is 0 Å². The predicted octanol–water partition coefficient (Wildman–Crippen LogP) is 2.71. The van der Waals surface area contributed by atoms with Gasteiger partial charge in [0.1, 0.15) is 17.3 Å². The minimum atomic E-state index is -0.723. The third-order valence-corrected chi connectivity index (χ3v) is 2.92. The molecule has 1 aromatic heterocycles. The molecule has 7 heteroatoms. The molecule has 0 spiro atoms. The molecule has 94 valence electrons. The molecule has 1 heterocycles. The molecule has 0 radical (unpaired) electrons. The number of benzene rings is 1. The highest BCUT2D eigenvalue weighted by Crippen LogP contribution is 2.23. The van der Waals surface area contributed by atoms with E-state index in [1.807, 2.05) is 0 Å². The number of nitrogens with one attached hydrogen (secondary N) is 1. The average Bonchev–Trinajstić information content (AvgIpc) is 2.72. The highest BCUT2D eigenvalue weighted by molar-refractivity contribution is 9.10. The first-order valence-electron chi connectivity index (χ1n) is 4.91. The van der Waals surface area contributed by atoms with E-state index in [0.29, 0.717) is 0 Å². The van der Waals surface area contributed by atoms with Crippen LogP contribution in [0.1, 0.15) is 10.5 Å². The Kier molecular flexibility index (Phi) is 3.42. The quantitative estimate of drug-likeness (QED) is 0.866. The van der Waals surface area contributed by atoms with Crippen molar-refractivity contribution in [1.29, 1.82) is 0 Å². The van der Waals surface area contributed by atoms with E-state index in [1.54, 1.807) is 7.05 Å². The largest absolute Gasteiger partial charge is 0.330 e. The number of amides is 1. The standard InChI is InChI=1S/C11H8BrF2N3O/c1-17-5-15-4-10(17)11(18)16-9-3-7(13)6(12)2-8(9)14/h2-5H,1H3,(H,16,18). The minimum Gasteiger partial charge on any atom is -0.330 e. The van der Waals surface area contributed by atoms with Crippen molar-refractivity contribution in [2.45, 2.75) is 0 Å². The summed E-state index contributed by atoms with van der Waals surface area (Å²) in [7, 11) is 1.63. The third kappa shape index (κ3) is 2.40. The van der Waals surface area contributed by atoms with Crippen LogP contribution in [-0.4, -0.2) is 15.5 Å². The van der Waals surface area contributed by atoms with Crippen molar-refractivity contribution in [2.24, 2.45) is 7.05 Å². The van der Waals surface area contributed by atoms with E-state index in [0.717, 1.165) is 12.1 Å². The molecule has 2 aromatic rings. The molecule has 18 heavy (non-hydrogen) atoms. The fourth-order valence-corrected chi connectivity index (χ4v) is 1.70. The lowest BCUT2D eigenvalue weighted by atomic mass is 10.3. The molecular formula is C11H8BrF2N3O. The first kappa shape index (κ1) is 12.7. The fourth-order valence-electron chi connectivity index (χ4n) is 1.38. The van der Waals surface area contributed by atoms with Crippen molar-refractivity contribution in [3.63, 3.8) is 0 Å². The zero-order chi connectivity index (χ0) is 13.3. The van der Waals surface area contributed by atoms with Crippen molar-refractivity contribution in [2.75, 3.05) is 5.32 Å². The first-order valence-corrected chi connectivity index (χ1v) is 5.70. The van der Waals surface area contributed by atoms with Gasteiger partial charge in [-0.3, -0.25) is 4.79 Å². The number of carbonyl (C=O) groups excluding carboxylic acids is 1. The Morgan fingerprint density at radius 1 is 1.39 bits per heavy atom. The normalized spacial score (nSPS) is 10.4. The Bertz CT molecular complexity index is 612. The predicted molar refractivity (Wildman–Crippen MR) is 65.2 cm³/mol. The van der Waals surface area contributed by atoms with Crippen LogP contribution in [0.2, 0.25) is 0 Å². The Hall–Kier alpha value is -1.76. The molecule has 1 amide bonds. The number of anilines is 1. The summed E-state index contributed by atoms with van der Waals surface area (Å²) in [6, 6.07) is 1.86. The zero-order valence-corrected chi connectivity index (χ0v) is 10.8. The van der Waals surface area contributed by atoms with E-state index >= 15 is 0 Å². The second kappa shape index (κ2) is 4.85. The summed E-state index contributed by atoms with van der Waals surface area (Å²) in [5, 5.41) is 2.29. The van der Waals surface area contributed by atoms with Gasteiger partial charge in [0.15, 0.2) is 0 Å². The maximum absolute atomic E-state index is 13.5. The van der Waals surface area contributed by atoms with Crippen LogP contribution < -0.4 is 5.32 Å². The molecular weight excluding hydrogens is 308 g/mol. The second-order valence-electron chi connectivity index (χ2n) is 3.59. The molecule has 0 aliphatic carbocycles.